The molecule has 0 aliphatic heterocycles. The van der Waals surface area contributed by atoms with Gasteiger partial charge in [0.1, 0.15) is 15.6 Å². The molecule has 2 fully saturated rings. The van der Waals surface area contributed by atoms with Crippen LogP contribution in [-0.2, 0) is 29.2 Å². The van der Waals surface area contributed by atoms with Crippen molar-refractivity contribution in [2.45, 2.75) is 95.3 Å². The molecule has 0 spiro atoms. The summed E-state index contributed by atoms with van der Waals surface area (Å²) in [6.45, 7) is 0.0759. The van der Waals surface area contributed by atoms with Gasteiger partial charge in [-0.2, -0.15) is 0 Å². The monoisotopic (exact) mass is 530 g/mol. The number of aliphatic hydroxyl groups is 2. The molecule has 2 aliphatic rings. The van der Waals surface area contributed by atoms with E-state index in [-0.39, 0.29) is 54.5 Å². The second kappa shape index (κ2) is 18.9. The van der Waals surface area contributed by atoms with Crippen LogP contribution in [0.5, 0.6) is 0 Å². The summed E-state index contributed by atoms with van der Waals surface area (Å²) in [7, 11) is -2.14. The van der Waals surface area contributed by atoms with Gasteiger partial charge in [-0.15, -0.1) is 0 Å². The smallest absolute Gasteiger partial charge is 0.746 e. The Kier molecular flexibility index (Phi) is 18.8. The van der Waals surface area contributed by atoms with Crippen LogP contribution in [0.1, 0.15) is 89.9 Å². The van der Waals surface area contributed by atoms with E-state index in [1.54, 1.807) is 0 Å². The predicted molar refractivity (Wildman–Crippen MR) is 125 cm³/mol. The van der Waals surface area contributed by atoms with Crippen molar-refractivity contribution in [3.8, 4) is 0 Å². The zero-order valence-corrected chi connectivity index (χ0v) is 24.5. The van der Waals surface area contributed by atoms with Crippen LogP contribution in [0.3, 0.4) is 0 Å². The third-order valence-electron chi connectivity index (χ3n) is 7.05. The van der Waals surface area contributed by atoms with Crippen molar-refractivity contribution in [3.63, 3.8) is 0 Å². The van der Waals surface area contributed by atoms with Crippen LogP contribution in [0.4, 0.5) is 0 Å². The van der Waals surface area contributed by atoms with E-state index >= 15 is 0 Å². The first-order valence-corrected chi connectivity index (χ1v) is 14.0. The molecule has 0 heterocycles. The van der Waals surface area contributed by atoms with Gasteiger partial charge in [0.15, 0.2) is 0 Å². The Morgan fingerprint density at radius 2 is 1.26 bits per heavy atom. The first-order chi connectivity index (χ1) is 16.1. The van der Waals surface area contributed by atoms with E-state index in [0.29, 0.717) is 24.7 Å². The molecule has 2 rings (SSSR count). The molecule has 3 atom stereocenters. The zero-order valence-electron chi connectivity index (χ0n) is 21.7. The van der Waals surface area contributed by atoms with Gasteiger partial charge in [0.2, 0.25) is 0 Å². The molecule has 0 aromatic heterocycles. The van der Waals surface area contributed by atoms with E-state index in [4.69, 9.17) is 9.84 Å². The third kappa shape index (κ3) is 14.3. The molecular weight excluding hydrogens is 487 g/mol. The normalized spacial score (nSPS) is 19.8. The number of esters is 2. The number of ether oxygens (including phenoxy) is 2. The fourth-order valence-electron chi connectivity index (χ4n) is 5.12. The Bertz CT molecular complexity index is 689. The van der Waals surface area contributed by atoms with Crippen LogP contribution >= 0.6 is 0 Å². The Hall–Kier alpha value is -0.230. The molecule has 0 bridgehead atoms. The maximum Gasteiger partial charge on any atom is 1.00 e. The summed E-state index contributed by atoms with van der Waals surface area (Å²) >= 11 is 0. The first kappa shape index (κ1) is 34.8. The molecule has 2 saturated carbocycles. The Balaban J connectivity index is 0.000000659. The van der Waals surface area contributed by atoms with Gasteiger partial charge in [-0.05, 0) is 37.5 Å². The predicted octanol–water partition coefficient (Wildman–Crippen LogP) is 0.132. The second-order valence-electron chi connectivity index (χ2n) is 9.62. The summed E-state index contributed by atoms with van der Waals surface area (Å²) in [6.07, 6.45) is 13.3. The van der Waals surface area contributed by atoms with Crippen LogP contribution in [0.15, 0.2) is 0 Å². The average Bonchev–Trinajstić information content (AvgIpc) is 2.83. The standard InChI is InChI=1S/C12H22O6S.C12H22O3.Na/c1-18-12(14)10(8-11(13)19(15,16)17)7-9-5-3-2-4-6-9;1-15-12(14)11(7-8-13)9-10-5-3-2-4-6-10;/h9-11,13H,2-8H2,1H3,(H,15,16,17);10-11,13H,2-9H2,1H3;/q;;+1/p-1/t10?,11-;11-;/m01./s1. The van der Waals surface area contributed by atoms with E-state index in [0.717, 1.165) is 32.1 Å². The molecule has 0 amide bonds. The molecule has 11 heteroatoms. The fourth-order valence-corrected chi connectivity index (χ4v) is 5.59. The van der Waals surface area contributed by atoms with Crippen molar-refractivity contribution < 1.29 is 71.8 Å². The van der Waals surface area contributed by atoms with Crippen LogP contribution in [0.2, 0.25) is 0 Å². The van der Waals surface area contributed by atoms with Crippen molar-refractivity contribution >= 4 is 22.1 Å². The maximum atomic E-state index is 11.6. The molecule has 2 aliphatic carbocycles. The van der Waals surface area contributed by atoms with Crippen molar-refractivity contribution in [1.82, 2.24) is 0 Å². The number of hydrogen-bond acceptors (Lipinski definition) is 9. The number of hydrogen-bond donors (Lipinski definition) is 2. The number of carbonyl (C=O) groups excluding carboxylic acids is 2. The van der Waals surface area contributed by atoms with Crippen molar-refractivity contribution in [1.29, 1.82) is 0 Å². The summed E-state index contributed by atoms with van der Waals surface area (Å²) in [5.74, 6) is -0.549. The Morgan fingerprint density at radius 3 is 1.63 bits per heavy atom. The van der Waals surface area contributed by atoms with Gasteiger partial charge in [0.25, 0.3) is 0 Å². The van der Waals surface area contributed by atoms with Crippen molar-refractivity contribution in [2.24, 2.45) is 23.7 Å². The van der Waals surface area contributed by atoms with Gasteiger partial charge in [-0.1, -0.05) is 64.2 Å². The van der Waals surface area contributed by atoms with Crippen molar-refractivity contribution in [3.05, 3.63) is 0 Å². The van der Waals surface area contributed by atoms with Gasteiger partial charge in [-0.3, -0.25) is 9.59 Å². The van der Waals surface area contributed by atoms with Crippen LogP contribution in [0, 0.1) is 23.7 Å². The Morgan fingerprint density at radius 1 is 0.857 bits per heavy atom. The van der Waals surface area contributed by atoms with Crippen LogP contribution in [0.25, 0.3) is 0 Å². The largest absolute Gasteiger partial charge is 1.00 e. The van der Waals surface area contributed by atoms with Gasteiger partial charge >= 0.3 is 41.5 Å². The summed E-state index contributed by atoms with van der Waals surface area (Å²) in [6, 6.07) is 0. The fraction of sp³-hybridized carbons (Fsp3) is 0.917. The van der Waals surface area contributed by atoms with E-state index in [1.165, 1.54) is 52.7 Å². The molecule has 0 saturated heterocycles. The van der Waals surface area contributed by atoms with Crippen molar-refractivity contribution in [2.75, 3.05) is 20.8 Å². The number of carbonyl (C=O) groups is 2. The summed E-state index contributed by atoms with van der Waals surface area (Å²) in [4.78, 5) is 23.1. The minimum Gasteiger partial charge on any atom is -0.746 e. The zero-order chi connectivity index (χ0) is 25.6. The van der Waals surface area contributed by atoms with E-state index in [2.05, 4.69) is 4.74 Å². The van der Waals surface area contributed by atoms with E-state index < -0.39 is 27.4 Å². The molecule has 200 valence electrons. The molecular formula is C24H43NaO9S. The molecule has 2 N–H and O–H groups in total. The molecule has 1 unspecified atom stereocenters. The van der Waals surface area contributed by atoms with Crippen LogP contribution in [-0.4, -0.2) is 61.4 Å². The SMILES string of the molecule is COC(=O)C(CC1CCCCC1)C[C@@H](O)S(=O)(=O)[O-].COC(=O)[C@H](CCO)CC1CCCCC1.[Na+]. The Labute approximate surface area is 232 Å². The molecule has 0 aromatic rings. The topological polar surface area (TPSA) is 150 Å². The average molecular weight is 531 g/mol. The van der Waals surface area contributed by atoms with Gasteiger partial charge in [0.05, 0.1) is 26.1 Å². The summed E-state index contributed by atoms with van der Waals surface area (Å²) in [5, 5.41) is 18.2. The number of rotatable bonds is 11. The minimum absolute atomic E-state index is 0. The molecule has 9 nitrogen and oxygen atoms in total. The third-order valence-corrected chi connectivity index (χ3v) is 7.91. The summed E-state index contributed by atoms with van der Waals surface area (Å²) < 4.78 is 41.5. The number of methoxy groups -OCH3 is 2. The minimum atomic E-state index is -4.78. The second-order valence-corrected chi connectivity index (χ2v) is 11.1. The van der Waals surface area contributed by atoms with Gasteiger partial charge < -0.3 is 24.2 Å². The van der Waals surface area contributed by atoms with E-state index in [9.17, 15) is 27.7 Å². The summed E-state index contributed by atoms with van der Waals surface area (Å²) in [5.41, 5.74) is -2.04. The molecule has 0 radical (unpaired) electrons. The van der Waals surface area contributed by atoms with E-state index in [1.807, 2.05) is 0 Å². The quantitative estimate of drug-likeness (QED) is 0.216. The number of aliphatic hydroxyl groups excluding tert-OH is 2. The molecule has 0 aromatic carbocycles. The maximum absolute atomic E-state index is 11.6. The van der Waals surface area contributed by atoms with Gasteiger partial charge in [-0.25, -0.2) is 8.42 Å². The molecule has 35 heavy (non-hydrogen) atoms. The van der Waals surface area contributed by atoms with Gasteiger partial charge in [0, 0.05) is 6.61 Å². The first-order valence-electron chi connectivity index (χ1n) is 12.5. The van der Waals surface area contributed by atoms with Crippen LogP contribution < -0.4 is 29.6 Å².